The quantitative estimate of drug-likeness (QED) is 0.809. The SMILES string of the molecule is Nc1nc2c(s1)C1(COC1)Oc1cc(Br)ccc1-2. The number of nitrogen functional groups attached to an aromatic ring is 1. The van der Waals surface area contributed by atoms with Crippen LogP contribution in [0.25, 0.3) is 11.3 Å². The van der Waals surface area contributed by atoms with Crippen LogP contribution in [0.1, 0.15) is 4.88 Å². The molecule has 0 saturated carbocycles. The van der Waals surface area contributed by atoms with Crippen LogP contribution in [-0.4, -0.2) is 18.2 Å². The molecule has 0 bridgehead atoms. The van der Waals surface area contributed by atoms with E-state index in [0.717, 1.165) is 26.4 Å². The summed E-state index contributed by atoms with van der Waals surface area (Å²) in [5.41, 5.74) is 7.41. The number of halogens is 1. The Morgan fingerprint density at radius 1 is 1.39 bits per heavy atom. The number of ether oxygens (including phenoxy) is 2. The van der Waals surface area contributed by atoms with Crippen molar-refractivity contribution in [3.05, 3.63) is 27.5 Å². The Morgan fingerprint density at radius 3 is 2.94 bits per heavy atom. The predicted octanol–water partition coefficient (Wildman–Crippen LogP) is 2.77. The third kappa shape index (κ3) is 1.31. The first-order valence-electron chi connectivity index (χ1n) is 5.51. The van der Waals surface area contributed by atoms with Crippen molar-refractivity contribution in [2.45, 2.75) is 5.60 Å². The summed E-state index contributed by atoms with van der Waals surface area (Å²) in [7, 11) is 0. The molecule has 18 heavy (non-hydrogen) atoms. The van der Waals surface area contributed by atoms with Gasteiger partial charge in [0.1, 0.15) is 5.75 Å². The second-order valence-corrected chi connectivity index (χ2v) is 6.41. The molecule has 2 aromatic rings. The van der Waals surface area contributed by atoms with Gasteiger partial charge in [-0.1, -0.05) is 27.3 Å². The molecule has 0 amide bonds. The third-order valence-corrected chi connectivity index (χ3v) is 4.80. The summed E-state index contributed by atoms with van der Waals surface area (Å²) >= 11 is 4.95. The number of anilines is 1. The number of hydrogen-bond donors (Lipinski definition) is 1. The second kappa shape index (κ2) is 3.46. The molecule has 0 atom stereocenters. The van der Waals surface area contributed by atoms with Gasteiger partial charge in [0.15, 0.2) is 10.7 Å². The lowest BCUT2D eigenvalue weighted by Crippen LogP contribution is -2.52. The molecule has 0 aliphatic carbocycles. The van der Waals surface area contributed by atoms with E-state index in [9.17, 15) is 0 Å². The Labute approximate surface area is 116 Å². The number of nitrogens with two attached hydrogens (primary N) is 1. The van der Waals surface area contributed by atoms with E-state index in [1.165, 1.54) is 11.3 Å². The maximum absolute atomic E-state index is 6.14. The maximum Gasteiger partial charge on any atom is 0.191 e. The van der Waals surface area contributed by atoms with Gasteiger partial charge in [-0.2, -0.15) is 0 Å². The number of fused-ring (bicyclic) bond motifs is 4. The van der Waals surface area contributed by atoms with Crippen molar-refractivity contribution in [3.63, 3.8) is 0 Å². The van der Waals surface area contributed by atoms with E-state index < -0.39 is 0 Å². The van der Waals surface area contributed by atoms with Gasteiger partial charge in [-0.15, -0.1) is 0 Å². The summed E-state index contributed by atoms with van der Waals surface area (Å²) < 4.78 is 12.5. The summed E-state index contributed by atoms with van der Waals surface area (Å²) in [6.07, 6.45) is 0. The van der Waals surface area contributed by atoms with E-state index in [0.29, 0.717) is 18.3 Å². The maximum atomic E-state index is 6.14. The number of thiazole rings is 1. The molecule has 3 heterocycles. The van der Waals surface area contributed by atoms with Crippen molar-refractivity contribution < 1.29 is 9.47 Å². The van der Waals surface area contributed by atoms with Crippen LogP contribution in [0.15, 0.2) is 22.7 Å². The van der Waals surface area contributed by atoms with Crippen molar-refractivity contribution in [3.8, 4) is 17.0 Å². The first kappa shape index (κ1) is 10.8. The zero-order valence-electron chi connectivity index (χ0n) is 9.27. The summed E-state index contributed by atoms with van der Waals surface area (Å²) in [4.78, 5) is 5.53. The van der Waals surface area contributed by atoms with Crippen molar-refractivity contribution in [2.75, 3.05) is 18.9 Å². The largest absolute Gasteiger partial charge is 0.476 e. The van der Waals surface area contributed by atoms with Crippen LogP contribution in [0.3, 0.4) is 0 Å². The molecule has 92 valence electrons. The summed E-state index contributed by atoms with van der Waals surface area (Å²) in [6, 6.07) is 5.95. The summed E-state index contributed by atoms with van der Waals surface area (Å²) in [6.45, 7) is 1.13. The lowest BCUT2D eigenvalue weighted by Gasteiger charge is -2.43. The van der Waals surface area contributed by atoms with Gasteiger partial charge in [0.25, 0.3) is 0 Å². The van der Waals surface area contributed by atoms with E-state index in [-0.39, 0.29) is 5.60 Å². The highest BCUT2D eigenvalue weighted by Gasteiger charge is 2.49. The Morgan fingerprint density at radius 2 is 2.22 bits per heavy atom. The predicted molar refractivity (Wildman–Crippen MR) is 72.8 cm³/mol. The molecule has 6 heteroatoms. The van der Waals surface area contributed by atoms with Crippen molar-refractivity contribution in [2.24, 2.45) is 0 Å². The molecule has 2 N–H and O–H groups in total. The standard InChI is InChI=1S/C12H9BrN2O2S/c13-6-1-2-7-8(3-6)17-12(4-16-5-12)10-9(7)15-11(14)18-10/h1-3H,4-5H2,(H2,14,15). The number of aromatic nitrogens is 1. The van der Waals surface area contributed by atoms with Gasteiger partial charge in [0.2, 0.25) is 0 Å². The number of rotatable bonds is 0. The van der Waals surface area contributed by atoms with Gasteiger partial charge in [0.05, 0.1) is 23.8 Å². The zero-order valence-corrected chi connectivity index (χ0v) is 11.7. The fraction of sp³-hybridized carbons (Fsp3) is 0.250. The molecule has 4 rings (SSSR count). The third-order valence-electron chi connectivity index (χ3n) is 3.23. The Bertz CT molecular complexity index is 652. The molecule has 2 aliphatic heterocycles. The second-order valence-electron chi connectivity index (χ2n) is 4.46. The van der Waals surface area contributed by atoms with Crippen LogP contribution in [0.2, 0.25) is 0 Å². The molecular formula is C12H9BrN2O2S. The number of nitrogens with zero attached hydrogens (tertiary/aromatic N) is 1. The molecule has 4 nitrogen and oxygen atoms in total. The van der Waals surface area contributed by atoms with Crippen LogP contribution in [0.4, 0.5) is 5.13 Å². The average molecular weight is 325 g/mol. The first-order valence-corrected chi connectivity index (χ1v) is 7.12. The molecular weight excluding hydrogens is 316 g/mol. The molecule has 1 spiro atoms. The Balaban J connectivity index is 1.99. The lowest BCUT2D eigenvalue weighted by molar-refractivity contribution is -0.167. The molecule has 0 radical (unpaired) electrons. The van der Waals surface area contributed by atoms with Gasteiger partial charge < -0.3 is 15.2 Å². The molecule has 1 fully saturated rings. The van der Waals surface area contributed by atoms with Crippen LogP contribution in [0.5, 0.6) is 5.75 Å². The average Bonchev–Trinajstić information content (AvgIpc) is 2.67. The summed E-state index contributed by atoms with van der Waals surface area (Å²) in [5, 5.41) is 0.575. The van der Waals surface area contributed by atoms with Crippen LogP contribution < -0.4 is 10.5 Å². The minimum Gasteiger partial charge on any atom is -0.476 e. The van der Waals surface area contributed by atoms with Gasteiger partial charge >= 0.3 is 0 Å². The normalized spacial score (nSPS) is 18.7. The van der Waals surface area contributed by atoms with Gasteiger partial charge in [-0.25, -0.2) is 4.98 Å². The topological polar surface area (TPSA) is 57.4 Å². The highest BCUT2D eigenvalue weighted by molar-refractivity contribution is 9.10. The van der Waals surface area contributed by atoms with Crippen molar-refractivity contribution in [1.82, 2.24) is 4.98 Å². The van der Waals surface area contributed by atoms with Crippen molar-refractivity contribution >= 4 is 32.4 Å². The molecule has 1 saturated heterocycles. The van der Waals surface area contributed by atoms with E-state index in [4.69, 9.17) is 15.2 Å². The fourth-order valence-corrected chi connectivity index (χ4v) is 3.62. The monoisotopic (exact) mass is 324 g/mol. The molecule has 2 aliphatic rings. The molecule has 1 aromatic carbocycles. The first-order chi connectivity index (χ1) is 8.68. The minimum absolute atomic E-state index is 0.377. The molecule has 0 unspecified atom stereocenters. The zero-order chi connectivity index (χ0) is 12.3. The highest BCUT2D eigenvalue weighted by Crippen LogP contribution is 2.51. The Kier molecular flexibility index (Phi) is 2.07. The smallest absolute Gasteiger partial charge is 0.191 e. The molecule has 1 aromatic heterocycles. The lowest BCUT2D eigenvalue weighted by atomic mass is 9.92. The van der Waals surface area contributed by atoms with E-state index >= 15 is 0 Å². The van der Waals surface area contributed by atoms with Crippen LogP contribution >= 0.6 is 27.3 Å². The van der Waals surface area contributed by atoms with E-state index in [2.05, 4.69) is 20.9 Å². The fourth-order valence-electron chi connectivity index (χ4n) is 2.34. The van der Waals surface area contributed by atoms with Gasteiger partial charge in [-0.05, 0) is 18.2 Å². The number of hydrogen-bond acceptors (Lipinski definition) is 5. The number of benzene rings is 1. The van der Waals surface area contributed by atoms with Crippen LogP contribution in [-0.2, 0) is 10.3 Å². The van der Waals surface area contributed by atoms with E-state index in [1.807, 2.05) is 18.2 Å². The van der Waals surface area contributed by atoms with Gasteiger partial charge in [-0.3, -0.25) is 0 Å². The highest BCUT2D eigenvalue weighted by atomic mass is 79.9. The van der Waals surface area contributed by atoms with Gasteiger partial charge in [0, 0.05) is 10.0 Å². The Hall–Kier alpha value is -1.11. The van der Waals surface area contributed by atoms with Crippen molar-refractivity contribution in [1.29, 1.82) is 0 Å². The van der Waals surface area contributed by atoms with E-state index in [1.54, 1.807) is 0 Å². The van der Waals surface area contributed by atoms with Crippen LogP contribution in [0, 0.1) is 0 Å². The minimum atomic E-state index is -0.377. The summed E-state index contributed by atoms with van der Waals surface area (Å²) in [5.74, 6) is 0.838.